The van der Waals surface area contributed by atoms with Crippen molar-refractivity contribution in [3.8, 4) is 0 Å². The molecule has 0 atom stereocenters. The molecule has 3 aromatic rings. The van der Waals surface area contributed by atoms with Crippen molar-refractivity contribution in [3.05, 3.63) is 65.3 Å². The van der Waals surface area contributed by atoms with E-state index in [2.05, 4.69) is 16.7 Å². The molecule has 0 aliphatic heterocycles. The maximum atomic E-state index is 6.29. The molecule has 2 nitrogen and oxygen atoms in total. The molecule has 2 aromatic carbocycles. The van der Waals surface area contributed by atoms with Crippen LogP contribution >= 0.6 is 24.0 Å². The lowest BCUT2D eigenvalue weighted by Gasteiger charge is -2.07. The Balaban J connectivity index is 0.00000133. The highest BCUT2D eigenvalue weighted by Gasteiger charge is 2.07. The van der Waals surface area contributed by atoms with Crippen LogP contribution in [0.3, 0.4) is 0 Å². The molecule has 3 rings (SSSR count). The number of hydrogen-bond acceptors (Lipinski definition) is 1. The van der Waals surface area contributed by atoms with Gasteiger partial charge in [0.1, 0.15) is 5.15 Å². The first-order valence-electron chi connectivity index (χ1n) is 5.82. The number of nitrogens with zero attached hydrogens (tertiary/aromatic N) is 1. The maximum absolute atomic E-state index is 6.29. The minimum atomic E-state index is 0. The van der Waals surface area contributed by atoms with Crippen molar-refractivity contribution in [2.24, 2.45) is 0 Å². The molecule has 0 aliphatic carbocycles. The van der Waals surface area contributed by atoms with Gasteiger partial charge in [0.05, 0.1) is 0 Å². The fourth-order valence-corrected chi connectivity index (χ4v) is 2.45. The zero-order valence-electron chi connectivity index (χ0n) is 10.2. The Morgan fingerprint density at radius 1 is 1.00 bits per heavy atom. The van der Waals surface area contributed by atoms with E-state index in [4.69, 9.17) is 17.3 Å². The van der Waals surface area contributed by atoms with Gasteiger partial charge in [-0.05, 0) is 29.8 Å². The van der Waals surface area contributed by atoms with Gasteiger partial charge in [-0.15, -0.1) is 12.4 Å². The molecule has 98 valence electrons. The molecular weight excluding hydrogens is 279 g/mol. The van der Waals surface area contributed by atoms with Crippen molar-refractivity contribution in [1.29, 1.82) is 0 Å². The van der Waals surface area contributed by atoms with Crippen LogP contribution in [0.25, 0.3) is 10.9 Å². The molecule has 0 bridgehead atoms. The number of fused-ring (bicyclic) bond motifs is 1. The lowest BCUT2D eigenvalue weighted by atomic mass is 10.2. The summed E-state index contributed by atoms with van der Waals surface area (Å²) < 4.78 is 2.09. The Bertz CT molecular complexity index is 690. The highest BCUT2D eigenvalue weighted by molar-refractivity contribution is 6.31. The quantitative estimate of drug-likeness (QED) is 0.700. The number of halogens is 2. The standard InChI is InChI=1S/C15H13ClN2.ClH/c16-15-9-12-8-13(17)6-7-14(12)18(15)10-11-4-2-1-3-5-11;/h1-9H,10,17H2;1H. The van der Waals surface area contributed by atoms with Crippen LogP contribution in [0.5, 0.6) is 0 Å². The summed E-state index contributed by atoms with van der Waals surface area (Å²) in [7, 11) is 0. The Kier molecular flexibility index (Phi) is 4.03. The van der Waals surface area contributed by atoms with Gasteiger partial charge in [0.15, 0.2) is 0 Å². The third-order valence-corrected chi connectivity index (χ3v) is 3.37. The first-order chi connectivity index (χ1) is 8.74. The van der Waals surface area contributed by atoms with Crippen molar-refractivity contribution < 1.29 is 0 Å². The van der Waals surface area contributed by atoms with Crippen molar-refractivity contribution >= 4 is 40.6 Å². The molecule has 0 amide bonds. The van der Waals surface area contributed by atoms with Crippen LogP contribution in [-0.2, 0) is 6.54 Å². The molecule has 0 fully saturated rings. The highest BCUT2D eigenvalue weighted by atomic mass is 35.5. The molecule has 4 heteroatoms. The third-order valence-electron chi connectivity index (χ3n) is 3.06. The predicted octanol–water partition coefficient (Wildman–Crippen LogP) is 4.35. The second kappa shape index (κ2) is 5.55. The minimum Gasteiger partial charge on any atom is -0.399 e. The summed E-state index contributed by atoms with van der Waals surface area (Å²) in [6.45, 7) is 0.771. The number of anilines is 1. The predicted molar refractivity (Wildman–Crippen MR) is 84.2 cm³/mol. The van der Waals surface area contributed by atoms with Gasteiger partial charge in [-0.2, -0.15) is 0 Å². The lowest BCUT2D eigenvalue weighted by Crippen LogP contribution is -1.99. The molecule has 1 heterocycles. The summed E-state index contributed by atoms with van der Waals surface area (Å²) >= 11 is 6.29. The van der Waals surface area contributed by atoms with Crippen molar-refractivity contribution in [3.63, 3.8) is 0 Å². The molecule has 0 saturated carbocycles. The first-order valence-corrected chi connectivity index (χ1v) is 6.20. The molecule has 0 radical (unpaired) electrons. The highest BCUT2D eigenvalue weighted by Crippen LogP contribution is 2.26. The van der Waals surface area contributed by atoms with Crippen LogP contribution in [0.2, 0.25) is 5.15 Å². The fourth-order valence-electron chi connectivity index (χ4n) is 2.18. The van der Waals surface area contributed by atoms with Gasteiger partial charge in [0, 0.05) is 23.1 Å². The van der Waals surface area contributed by atoms with E-state index in [0.717, 1.165) is 28.3 Å². The van der Waals surface area contributed by atoms with Gasteiger partial charge in [-0.1, -0.05) is 41.9 Å². The average molecular weight is 293 g/mol. The van der Waals surface area contributed by atoms with E-state index >= 15 is 0 Å². The van der Waals surface area contributed by atoms with E-state index in [1.165, 1.54) is 5.56 Å². The van der Waals surface area contributed by atoms with Crippen LogP contribution in [0.4, 0.5) is 5.69 Å². The summed E-state index contributed by atoms with van der Waals surface area (Å²) in [5.41, 5.74) is 8.88. The van der Waals surface area contributed by atoms with Gasteiger partial charge in [0.25, 0.3) is 0 Å². The van der Waals surface area contributed by atoms with E-state index in [9.17, 15) is 0 Å². The van der Waals surface area contributed by atoms with Crippen LogP contribution in [-0.4, -0.2) is 4.57 Å². The Morgan fingerprint density at radius 2 is 1.74 bits per heavy atom. The van der Waals surface area contributed by atoms with E-state index < -0.39 is 0 Å². The van der Waals surface area contributed by atoms with E-state index in [1.54, 1.807) is 0 Å². The number of benzene rings is 2. The molecule has 0 saturated heterocycles. The molecule has 0 unspecified atom stereocenters. The van der Waals surface area contributed by atoms with E-state index in [1.807, 2.05) is 42.5 Å². The van der Waals surface area contributed by atoms with Gasteiger partial charge >= 0.3 is 0 Å². The summed E-state index contributed by atoms with van der Waals surface area (Å²) in [5, 5.41) is 1.82. The molecule has 1 aromatic heterocycles. The molecular formula is C15H14Cl2N2. The van der Waals surface area contributed by atoms with E-state index in [0.29, 0.717) is 0 Å². The normalized spacial score (nSPS) is 10.4. The van der Waals surface area contributed by atoms with Crippen LogP contribution in [0, 0.1) is 0 Å². The number of nitrogen functional groups attached to an aromatic ring is 1. The zero-order valence-corrected chi connectivity index (χ0v) is 11.8. The van der Waals surface area contributed by atoms with E-state index in [-0.39, 0.29) is 12.4 Å². The van der Waals surface area contributed by atoms with Crippen molar-refractivity contribution in [2.75, 3.05) is 5.73 Å². The van der Waals surface area contributed by atoms with Gasteiger partial charge in [0.2, 0.25) is 0 Å². The van der Waals surface area contributed by atoms with Crippen LogP contribution in [0.1, 0.15) is 5.56 Å². The van der Waals surface area contributed by atoms with Gasteiger partial charge in [-0.3, -0.25) is 0 Å². The third kappa shape index (κ3) is 2.70. The topological polar surface area (TPSA) is 30.9 Å². The zero-order chi connectivity index (χ0) is 12.5. The molecule has 0 spiro atoms. The van der Waals surface area contributed by atoms with Gasteiger partial charge in [-0.25, -0.2) is 0 Å². The fraction of sp³-hybridized carbons (Fsp3) is 0.0667. The van der Waals surface area contributed by atoms with Crippen LogP contribution in [0.15, 0.2) is 54.6 Å². The van der Waals surface area contributed by atoms with Gasteiger partial charge < -0.3 is 10.3 Å². The smallest absolute Gasteiger partial charge is 0.110 e. The second-order valence-corrected chi connectivity index (χ2v) is 4.74. The number of rotatable bonds is 2. The maximum Gasteiger partial charge on any atom is 0.110 e. The van der Waals surface area contributed by atoms with Crippen LogP contribution < -0.4 is 5.73 Å². The van der Waals surface area contributed by atoms with Crippen molar-refractivity contribution in [2.45, 2.75) is 6.54 Å². The number of aromatic nitrogens is 1. The molecule has 2 N–H and O–H groups in total. The second-order valence-electron chi connectivity index (χ2n) is 4.36. The average Bonchev–Trinajstić information content (AvgIpc) is 2.66. The molecule has 0 aliphatic rings. The lowest BCUT2D eigenvalue weighted by molar-refractivity contribution is 0.838. The summed E-state index contributed by atoms with van der Waals surface area (Å²) in [5.74, 6) is 0. The van der Waals surface area contributed by atoms with Crippen molar-refractivity contribution in [1.82, 2.24) is 4.57 Å². The minimum absolute atomic E-state index is 0. The largest absolute Gasteiger partial charge is 0.399 e. The summed E-state index contributed by atoms with van der Waals surface area (Å²) in [6, 6.07) is 18.1. The molecule has 19 heavy (non-hydrogen) atoms. The Hall–Kier alpha value is -1.64. The summed E-state index contributed by atoms with van der Waals surface area (Å²) in [6.07, 6.45) is 0. The Morgan fingerprint density at radius 3 is 2.47 bits per heavy atom. The summed E-state index contributed by atoms with van der Waals surface area (Å²) in [4.78, 5) is 0. The Labute approximate surface area is 123 Å². The SMILES string of the molecule is Cl.Nc1ccc2c(c1)cc(Cl)n2Cc1ccccc1. The monoisotopic (exact) mass is 292 g/mol. The number of hydrogen-bond donors (Lipinski definition) is 1. The first kappa shape index (κ1) is 13.8. The number of nitrogens with two attached hydrogens (primary N) is 1.